The number of rotatable bonds is 4. The predicted molar refractivity (Wildman–Crippen MR) is 79.7 cm³/mol. The van der Waals surface area contributed by atoms with Crippen molar-refractivity contribution in [3.63, 3.8) is 0 Å². The van der Waals surface area contributed by atoms with Crippen LogP contribution in [0.1, 0.15) is 34.2 Å². The molecule has 4 nitrogen and oxygen atoms in total. The summed E-state index contributed by atoms with van der Waals surface area (Å²) in [5, 5.41) is 11.6. The zero-order valence-corrected chi connectivity index (χ0v) is 11.8. The Morgan fingerprint density at radius 3 is 3.00 bits per heavy atom. The minimum absolute atomic E-state index is 0.146. The number of carbonyl (C=O) groups excluding carboxylic acids is 1. The van der Waals surface area contributed by atoms with E-state index in [1.54, 1.807) is 6.07 Å². The molecule has 0 bridgehead atoms. The van der Waals surface area contributed by atoms with Gasteiger partial charge in [-0.1, -0.05) is 30.9 Å². The van der Waals surface area contributed by atoms with Crippen molar-refractivity contribution in [1.82, 2.24) is 5.32 Å². The van der Waals surface area contributed by atoms with E-state index >= 15 is 0 Å². The summed E-state index contributed by atoms with van der Waals surface area (Å²) in [5.74, 6) is 5.98. The van der Waals surface area contributed by atoms with Crippen LogP contribution in [0.5, 0.6) is 0 Å². The Morgan fingerprint density at radius 1 is 1.38 bits per heavy atom. The fourth-order valence-electron chi connectivity index (χ4n) is 1.99. The summed E-state index contributed by atoms with van der Waals surface area (Å²) in [6, 6.07) is 9.22. The van der Waals surface area contributed by atoms with Crippen LogP contribution in [0, 0.1) is 11.8 Å². The zero-order valence-electron chi connectivity index (χ0n) is 11.8. The molecule has 21 heavy (non-hydrogen) atoms. The molecule has 1 heterocycles. The number of aliphatic hydroxyl groups is 1. The van der Waals surface area contributed by atoms with Gasteiger partial charge in [-0.25, -0.2) is 0 Å². The highest BCUT2D eigenvalue weighted by Gasteiger charge is 2.12. The molecule has 0 saturated carbocycles. The van der Waals surface area contributed by atoms with E-state index in [1.807, 2.05) is 31.2 Å². The summed E-state index contributed by atoms with van der Waals surface area (Å²) in [6.45, 7) is 2.20. The molecule has 1 aromatic heterocycles. The fraction of sp³-hybridized carbons (Fsp3) is 0.235. The average Bonchev–Trinajstić information content (AvgIpc) is 2.99. The summed E-state index contributed by atoms with van der Waals surface area (Å²) < 4.78 is 5.25. The molecule has 108 valence electrons. The Morgan fingerprint density at radius 2 is 2.24 bits per heavy atom. The largest absolute Gasteiger partial charge is 0.469 e. The van der Waals surface area contributed by atoms with E-state index in [2.05, 4.69) is 17.2 Å². The monoisotopic (exact) mass is 283 g/mol. The van der Waals surface area contributed by atoms with Crippen LogP contribution in [0.4, 0.5) is 0 Å². The van der Waals surface area contributed by atoms with Gasteiger partial charge in [0.15, 0.2) is 0 Å². The Balaban J connectivity index is 2.01. The molecular weight excluding hydrogens is 266 g/mol. The smallest absolute Gasteiger partial charge is 0.255 e. The first kappa shape index (κ1) is 14.9. The third-order valence-corrected chi connectivity index (χ3v) is 3.00. The number of furan rings is 1. The number of hydrogen-bond acceptors (Lipinski definition) is 3. The van der Waals surface area contributed by atoms with Crippen LogP contribution in [0.3, 0.4) is 0 Å². The van der Waals surface area contributed by atoms with Gasteiger partial charge in [0.05, 0.1) is 11.8 Å². The maximum atomic E-state index is 12.1. The van der Waals surface area contributed by atoms with Crippen LogP contribution < -0.4 is 5.32 Å². The third-order valence-electron chi connectivity index (χ3n) is 3.00. The van der Waals surface area contributed by atoms with Gasteiger partial charge < -0.3 is 14.8 Å². The molecule has 4 heteroatoms. The van der Waals surface area contributed by atoms with Crippen molar-refractivity contribution in [3.05, 3.63) is 59.0 Å². The quantitative estimate of drug-likeness (QED) is 0.845. The normalized spacial score (nSPS) is 9.81. The Hall–Kier alpha value is -2.51. The van der Waals surface area contributed by atoms with Gasteiger partial charge in [0, 0.05) is 18.5 Å². The van der Waals surface area contributed by atoms with Crippen LogP contribution in [0.2, 0.25) is 0 Å². The molecule has 0 atom stereocenters. The van der Waals surface area contributed by atoms with Crippen molar-refractivity contribution < 1.29 is 14.3 Å². The second-order valence-electron chi connectivity index (χ2n) is 4.45. The SMILES string of the molecule is CCc1occc1C(=O)NCc1cccc(C#CCO)c1. The molecule has 0 aliphatic rings. The van der Waals surface area contributed by atoms with Crippen molar-refractivity contribution in [1.29, 1.82) is 0 Å². The number of carbonyl (C=O) groups is 1. The van der Waals surface area contributed by atoms with Crippen molar-refractivity contribution in [2.75, 3.05) is 6.61 Å². The topological polar surface area (TPSA) is 62.5 Å². The molecule has 1 aromatic carbocycles. The number of amides is 1. The highest BCUT2D eigenvalue weighted by molar-refractivity contribution is 5.95. The summed E-state index contributed by atoms with van der Waals surface area (Å²) in [7, 11) is 0. The standard InChI is InChI=1S/C17H17NO3/c1-2-16-15(8-10-21-16)17(20)18-12-14-6-3-5-13(11-14)7-4-9-19/h3,5-6,8,10-11,19H,2,9,12H2,1H3,(H,18,20). The highest BCUT2D eigenvalue weighted by atomic mass is 16.3. The Labute approximate surface area is 123 Å². The lowest BCUT2D eigenvalue weighted by Gasteiger charge is -2.05. The van der Waals surface area contributed by atoms with E-state index in [-0.39, 0.29) is 12.5 Å². The lowest BCUT2D eigenvalue weighted by Crippen LogP contribution is -2.23. The molecule has 2 aromatic rings. The zero-order chi connectivity index (χ0) is 15.1. The number of benzene rings is 1. The molecule has 1 amide bonds. The number of nitrogens with one attached hydrogen (secondary N) is 1. The molecule has 2 N–H and O–H groups in total. The minimum Gasteiger partial charge on any atom is -0.469 e. The maximum absolute atomic E-state index is 12.1. The fourth-order valence-corrected chi connectivity index (χ4v) is 1.99. The summed E-state index contributed by atoms with van der Waals surface area (Å²) in [6.07, 6.45) is 2.21. The summed E-state index contributed by atoms with van der Waals surface area (Å²) in [4.78, 5) is 12.1. The van der Waals surface area contributed by atoms with Gasteiger partial charge >= 0.3 is 0 Å². The van der Waals surface area contributed by atoms with Gasteiger partial charge in [0.2, 0.25) is 0 Å². The molecule has 0 saturated heterocycles. The maximum Gasteiger partial charge on any atom is 0.255 e. The lowest BCUT2D eigenvalue weighted by molar-refractivity contribution is 0.0949. The first-order valence-corrected chi connectivity index (χ1v) is 6.77. The van der Waals surface area contributed by atoms with Gasteiger partial charge in [-0.2, -0.15) is 0 Å². The lowest BCUT2D eigenvalue weighted by atomic mass is 10.1. The molecule has 0 radical (unpaired) electrons. The first-order valence-electron chi connectivity index (χ1n) is 6.77. The van der Waals surface area contributed by atoms with E-state index in [1.165, 1.54) is 6.26 Å². The molecule has 0 unspecified atom stereocenters. The predicted octanol–water partition coefficient (Wildman–Crippen LogP) is 2.12. The van der Waals surface area contributed by atoms with E-state index in [9.17, 15) is 4.79 Å². The Kier molecular flexibility index (Phi) is 5.19. The molecule has 0 fully saturated rings. The minimum atomic E-state index is -0.165. The molecule has 0 aliphatic carbocycles. The van der Waals surface area contributed by atoms with Crippen LogP contribution >= 0.6 is 0 Å². The van der Waals surface area contributed by atoms with E-state index < -0.39 is 0 Å². The first-order chi connectivity index (χ1) is 10.2. The number of aliphatic hydroxyl groups excluding tert-OH is 1. The van der Waals surface area contributed by atoms with Gasteiger partial charge in [0.1, 0.15) is 12.4 Å². The van der Waals surface area contributed by atoms with Gasteiger partial charge in [0.25, 0.3) is 5.91 Å². The Bertz CT molecular complexity index is 677. The molecular formula is C17H17NO3. The molecule has 0 spiro atoms. The van der Waals surface area contributed by atoms with Crippen LogP contribution in [0.25, 0.3) is 0 Å². The average molecular weight is 283 g/mol. The highest BCUT2D eigenvalue weighted by Crippen LogP contribution is 2.11. The number of hydrogen-bond donors (Lipinski definition) is 2. The van der Waals surface area contributed by atoms with Gasteiger partial charge in [-0.15, -0.1) is 0 Å². The van der Waals surface area contributed by atoms with Crippen LogP contribution in [-0.2, 0) is 13.0 Å². The molecule has 0 aliphatic heterocycles. The third kappa shape index (κ3) is 3.98. The summed E-state index contributed by atoms with van der Waals surface area (Å²) >= 11 is 0. The van der Waals surface area contributed by atoms with E-state index in [4.69, 9.17) is 9.52 Å². The number of aryl methyl sites for hydroxylation is 1. The van der Waals surface area contributed by atoms with Crippen LogP contribution in [0.15, 0.2) is 41.0 Å². The van der Waals surface area contributed by atoms with Gasteiger partial charge in [-0.3, -0.25) is 4.79 Å². The van der Waals surface area contributed by atoms with Crippen molar-refractivity contribution in [2.24, 2.45) is 0 Å². The molecule has 2 rings (SSSR count). The van der Waals surface area contributed by atoms with Crippen LogP contribution in [-0.4, -0.2) is 17.6 Å². The van der Waals surface area contributed by atoms with Crippen molar-refractivity contribution in [2.45, 2.75) is 19.9 Å². The van der Waals surface area contributed by atoms with Gasteiger partial charge in [-0.05, 0) is 23.8 Å². The van der Waals surface area contributed by atoms with Crippen molar-refractivity contribution >= 4 is 5.91 Å². The summed E-state index contributed by atoms with van der Waals surface area (Å²) in [5.41, 5.74) is 2.34. The van der Waals surface area contributed by atoms with Crippen molar-refractivity contribution in [3.8, 4) is 11.8 Å². The van der Waals surface area contributed by atoms with E-state index in [0.717, 1.165) is 11.1 Å². The van der Waals surface area contributed by atoms with E-state index in [0.29, 0.717) is 24.3 Å². The second-order valence-corrected chi connectivity index (χ2v) is 4.45. The second kappa shape index (κ2) is 7.32.